The fourth-order valence-electron chi connectivity index (χ4n) is 3.43. The van der Waals surface area contributed by atoms with Crippen molar-refractivity contribution in [1.29, 1.82) is 10.5 Å². The molecule has 0 fully saturated rings. The number of thiophene rings is 1. The Bertz CT molecular complexity index is 1210. The van der Waals surface area contributed by atoms with E-state index in [1.807, 2.05) is 6.07 Å². The number of hydrogen-bond donors (Lipinski definition) is 2. The third kappa shape index (κ3) is 5.72. The highest BCUT2D eigenvalue weighted by Crippen LogP contribution is 2.38. The van der Waals surface area contributed by atoms with Crippen molar-refractivity contribution in [3.8, 4) is 23.6 Å². The molecule has 1 aromatic carbocycles. The van der Waals surface area contributed by atoms with E-state index >= 15 is 0 Å². The number of anilines is 1. The van der Waals surface area contributed by atoms with Gasteiger partial charge in [0.25, 0.3) is 5.91 Å². The van der Waals surface area contributed by atoms with Gasteiger partial charge in [0.15, 0.2) is 18.1 Å². The van der Waals surface area contributed by atoms with Gasteiger partial charge in [-0.15, -0.1) is 11.3 Å². The highest BCUT2D eigenvalue weighted by molar-refractivity contribution is 9.10. The normalized spacial score (nSPS) is 12.8. The molecule has 2 aromatic rings. The van der Waals surface area contributed by atoms with Gasteiger partial charge in [-0.2, -0.15) is 10.5 Å². The van der Waals surface area contributed by atoms with E-state index in [0.717, 1.165) is 36.1 Å². The Hall–Kier alpha value is -3.34. The Morgan fingerprint density at radius 3 is 2.64 bits per heavy atom. The number of amides is 1. The molecule has 1 amide bonds. The Labute approximate surface area is 203 Å². The van der Waals surface area contributed by atoms with Gasteiger partial charge >= 0.3 is 5.97 Å². The molecule has 0 saturated heterocycles. The molecule has 1 aromatic heterocycles. The highest BCUT2D eigenvalue weighted by Gasteiger charge is 2.23. The maximum atomic E-state index is 12.9. The Kier molecular flexibility index (Phi) is 8.10. The summed E-state index contributed by atoms with van der Waals surface area (Å²) < 4.78 is 11.3. The number of nitrogens with one attached hydrogen (secondary N) is 1. The van der Waals surface area contributed by atoms with Crippen LogP contribution >= 0.6 is 27.3 Å². The van der Waals surface area contributed by atoms with Crippen molar-refractivity contribution in [2.24, 2.45) is 0 Å². The molecule has 0 bridgehead atoms. The van der Waals surface area contributed by atoms with Gasteiger partial charge in [-0.1, -0.05) is 15.9 Å². The van der Waals surface area contributed by atoms with Crippen LogP contribution in [0.4, 0.5) is 5.00 Å². The average Bonchev–Trinajstić information content (AvgIpc) is 3.14. The third-order valence-electron chi connectivity index (χ3n) is 4.89. The van der Waals surface area contributed by atoms with Crippen LogP contribution in [0.25, 0.3) is 6.08 Å². The summed E-state index contributed by atoms with van der Waals surface area (Å²) in [6.45, 7) is 1.53. The van der Waals surface area contributed by atoms with Crippen LogP contribution in [-0.4, -0.2) is 30.2 Å². The summed E-state index contributed by atoms with van der Waals surface area (Å²) in [6.07, 6.45) is 5.15. The first-order valence-corrected chi connectivity index (χ1v) is 11.8. The van der Waals surface area contributed by atoms with Crippen LogP contribution in [0, 0.1) is 22.7 Å². The third-order valence-corrected chi connectivity index (χ3v) is 6.78. The Morgan fingerprint density at radius 1 is 1.24 bits per heavy atom. The molecule has 1 aliphatic carbocycles. The van der Waals surface area contributed by atoms with E-state index in [0.29, 0.717) is 27.2 Å². The van der Waals surface area contributed by atoms with E-state index < -0.39 is 18.5 Å². The van der Waals surface area contributed by atoms with Crippen LogP contribution in [0.1, 0.15) is 41.3 Å². The number of ether oxygens (including phenoxy) is 2. The standard InChI is InChI=1S/C23H20BrN3O5S/c1-2-31-18-8-13(17(24)9-19(18)32-12-21(28)29)7-14(10-25)22(30)27-23-16(11-26)15-5-3-4-6-20(15)33-23/h7-9H,2-6,12H2,1H3,(H,27,30)(H,28,29)/b14-7+. The van der Waals surface area contributed by atoms with Gasteiger partial charge in [0.05, 0.1) is 12.2 Å². The zero-order chi connectivity index (χ0) is 24.0. The minimum absolute atomic E-state index is 0.160. The van der Waals surface area contributed by atoms with Crippen molar-refractivity contribution >= 4 is 50.2 Å². The summed E-state index contributed by atoms with van der Waals surface area (Å²) in [5, 5.41) is 31.2. The molecule has 1 aliphatic rings. The highest BCUT2D eigenvalue weighted by atomic mass is 79.9. The lowest BCUT2D eigenvalue weighted by molar-refractivity contribution is -0.139. The molecule has 2 N–H and O–H groups in total. The van der Waals surface area contributed by atoms with Crippen molar-refractivity contribution in [2.45, 2.75) is 32.6 Å². The topological polar surface area (TPSA) is 132 Å². The number of fused-ring (bicyclic) bond motifs is 1. The van der Waals surface area contributed by atoms with Crippen molar-refractivity contribution < 1.29 is 24.2 Å². The number of rotatable bonds is 8. The first-order valence-electron chi connectivity index (χ1n) is 10.2. The number of benzene rings is 1. The molecular weight excluding hydrogens is 510 g/mol. The van der Waals surface area contributed by atoms with Gasteiger partial charge in [0.1, 0.15) is 22.7 Å². The van der Waals surface area contributed by atoms with Crippen LogP contribution < -0.4 is 14.8 Å². The maximum Gasteiger partial charge on any atom is 0.341 e. The number of halogens is 1. The number of carboxylic acid groups (broad SMARTS) is 1. The van der Waals surface area contributed by atoms with Crippen molar-refractivity contribution in [2.75, 3.05) is 18.5 Å². The number of carbonyl (C=O) groups is 2. The van der Waals surface area contributed by atoms with Gasteiger partial charge in [0.2, 0.25) is 0 Å². The lowest BCUT2D eigenvalue weighted by Crippen LogP contribution is -2.13. The molecule has 0 atom stereocenters. The average molecular weight is 530 g/mol. The number of aliphatic carboxylic acids is 1. The second-order valence-corrected chi connectivity index (χ2v) is 9.05. The number of nitrogens with zero attached hydrogens (tertiary/aromatic N) is 2. The fraction of sp³-hybridized carbons (Fsp3) is 0.304. The van der Waals surface area contributed by atoms with E-state index in [2.05, 4.69) is 27.3 Å². The fourth-order valence-corrected chi connectivity index (χ4v) is 5.10. The van der Waals surface area contributed by atoms with Gasteiger partial charge in [-0.25, -0.2) is 4.79 Å². The Morgan fingerprint density at radius 2 is 1.97 bits per heavy atom. The molecule has 10 heteroatoms. The first-order chi connectivity index (χ1) is 15.9. The summed E-state index contributed by atoms with van der Waals surface area (Å²) in [5.74, 6) is -1.26. The van der Waals surface area contributed by atoms with Crippen LogP contribution in [0.3, 0.4) is 0 Å². The molecule has 0 saturated carbocycles. The molecule has 8 nitrogen and oxygen atoms in total. The van der Waals surface area contributed by atoms with Gasteiger partial charge in [-0.05, 0) is 61.9 Å². The smallest absolute Gasteiger partial charge is 0.341 e. The van der Waals surface area contributed by atoms with Crippen molar-refractivity contribution in [3.63, 3.8) is 0 Å². The lowest BCUT2D eigenvalue weighted by atomic mass is 9.96. The summed E-state index contributed by atoms with van der Waals surface area (Å²) >= 11 is 4.75. The van der Waals surface area contributed by atoms with E-state index in [1.54, 1.807) is 13.0 Å². The summed E-state index contributed by atoms with van der Waals surface area (Å²) in [5.41, 5.74) is 1.78. The van der Waals surface area contributed by atoms with Crippen molar-refractivity contribution in [1.82, 2.24) is 0 Å². The number of carboxylic acids is 1. The number of nitriles is 2. The molecule has 3 rings (SSSR count). The molecule has 0 spiro atoms. The maximum absolute atomic E-state index is 12.9. The zero-order valence-electron chi connectivity index (χ0n) is 17.7. The predicted molar refractivity (Wildman–Crippen MR) is 126 cm³/mol. The monoisotopic (exact) mass is 529 g/mol. The molecule has 1 heterocycles. The van der Waals surface area contributed by atoms with E-state index in [1.165, 1.54) is 23.5 Å². The zero-order valence-corrected chi connectivity index (χ0v) is 20.1. The van der Waals surface area contributed by atoms with Crippen LogP contribution in [0.5, 0.6) is 11.5 Å². The quantitative estimate of drug-likeness (QED) is 0.375. The second-order valence-electron chi connectivity index (χ2n) is 7.09. The van der Waals surface area contributed by atoms with Crippen molar-refractivity contribution in [3.05, 3.63) is 43.7 Å². The number of carbonyl (C=O) groups excluding carboxylic acids is 1. The van der Waals surface area contributed by atoms with E-state index in [9.17, 15) is 20.1 Å². The summed E-state index contributed by atoms with van der Waals surface area (Å²) in [6, 6.07) is 7.17. The van der Waals surface area contributed by atoms with Crippen LogP contribution in [-0.2, 0) is 22.4 Å². The minimum atomic E-state index is -1.13. The largest absolute Gasteiger partial charge is 0.490 e. The molecule has 33 heavy (non-hydrogen) atoms. The Balaban J connectivity index is 1.90. The molecule has 0 radical (unpaired) electrons. The lowest BCUT2D eigenvalue weighted by Gasteiger charge is -2.13. The predicted octanol–water partition coefficient (Wildman–Crippen LogP) is 4.67. The molecule has 0 unspecified atom stereocenters. The van der Waals surface area contributed by atoms with Gasteiger partial charge in [-0.3, -0.25) is 4.79 Å². The number of hydrogen-bond acceptors (Lipinski definition) is 7. The van der Waals surface area contributed by atoms with Gasteiger partial charge in [0, 0.05) is 9.35 Å². The second kappa shape index (κ2) is 11.0. The SMILES string of the molecule is CCOc1cc(/C=C(\C#N)C(=O)Nc2sc3c(c2C#N)CCCC3)c(Br)cc1OCC(=O)O. The summed E-state index contributed by atoms with van der Waals surface area (Å²) in [4.78, 5) is 24.8. The van der Waals surface area contributed by atoms with Crippen LogP contribution in [0.2, 0.25) is 0 Å². The van der Waals surface area contributed by atoms with E-state index in [4.69, 9.17) is 14.6 Å². The molecular formula is C23H20BrN3O5S. The summed E-state index contributed by atoms with van der Waals surface area (Å²) in [7, 11) is 0. The first kappa shape index (κ1) is 24.3. The van der Waals surface area contributed by atoms with E-state index in [-0.39, 0.29) is 17.1 Å². The van der Waals surface area contributed by atoms with Gasteiger partial charge < -0.3 is 19.9 Å². The van der Waals surface area contributed by atoms with Crippen LogP contribution in [0.15, 0.2) is 22.2 Å². The molecule has 170 valence electrons. The number of aryl methyl sites for hydroxylation is 1. The molecule has 0 aliphatic heterocycles. The minimum Gasteiger partial charge on any atom is -0.490 e.